The van der Waals surface area contributed by atoms with E-state index in [0.717, 1.165) is 58.5 Å². The number of hydrogen-bond acceptors (Lipinski definition) is 4. The summed E-state index contributed by atoms with van der Waals surface area (Å²) in [5, 5.41) is 0. The normalized spacial score (nSPS) is 24.5. The molecule has 2 fully saturated rings. The van der Waals surface area contributed by atoms with Gasteiger partial charge < -0.3 is 9.47 Å². The lowest BCUT2D eigenvalue weighted by Crippen LogP contribution is -2.37. The average molecular weight is 270 g/mol. The van der Waals surface area contributed by atoms with Crippen LogP contribution in [0.3, 0.4) is 0 Å². The topological polar surface area (TPSA) is 24.9 Å². The number of morpholine rings is 2. The monoisotopic (exact) mass is 270 g/mol. The lowest BCUT2D eigenvalue weighted by Gasteiger charge is -2.28. The molecule has 2 saturated heterocycles. The molecule has 2 heterocycles. The van der Waals surface area contributed by atoms with Crippen LogP contribution in [0.1, 0.15) is 26.2 Å². The molecule has 4 heteroatoms. The van der Waals surface area contributed by atoms with Crippen molar-refractivity contribution < 1.29 is 9.47 Å². The molecule has 0 spiro atoms. The molecule has 4 nitrogen and oxygen atoms in total. The molecular formula is C15H30N2O2. The van der Waals surface area contributed by atoms with Crippen molar-refractivity contribution in [3.05, 3.63) is 0 Å². The first kappa shape index (κ1) is 15.2. The molecule has 0 aliphatic carbocycles. The quantitative estimate of drug-likeness (QED) is 0.699. The molecule has 0 bridgehead atoms. The second-order valence-electron chi connectivity index (χ2n) is 5.94. The zero-order chi connectivity index (χ0) is 13.3. The Balaban J connectivity index is 1.47. The highest BCUT2D eigenvalue weighted by Crippen LogP contribution is 2.13. The maximum Gasteiger partial charge on any atom is 0.0594 e. The van der Waals surface area contributed by atoms with E-state index in [1.807, 2.05) is 0 Å². The van der Waals surface area contributed by atoms with Crippen LogP contribution < -0.4 is 0 Å². The molecule has 2 aliphatic rings. The Morgan fingerprint density at radius 1 is 0.789 bits per heavy atom. The van der Waals surface area contributed by atoms with Gasteiger partial charge in [-0.15, -0.1) is 0 Å². The molecule has 0 N–H and O–H groups in total. The highest BCUT2D eigenvalue weighted by molar-refractivity contribution is 4.66. The minimum atomic E-state index is 0.851. The van der Waals surface area contributed by atoms with Crippen molar-refractivity contribution in [1.29, 1.82) is 0 Å². The van der Waals surface area contributed by atoms with Crippen molar-refractivity contribution in [2.75, 3.05) is 65.7 Å². The van der Waals surface area contributed by atoms with E-state index in [1.165, 1.54) is 32.4 Å². The molecule has 0 saturated carbocycles. The van der Waals surface area contributed by atoms with Crippen molar-refractivity contribution in [2.45, 2.75) is 26.2 Å². The van der Waals surface area contributed by atoms with E-state index >= 15 is 0 Å². The zero-order valence-corrected chi connectivity index (χ0v) is 12.5. The minimum absolute atomic E-state index is 0.851. The van der Waals surface area contributed by atoms with E-state index in [9.17, 15) is 0 Å². The van der Waals surface area contributed by atoms with Gasteiger partial charge in [0, 0.05) is 26.2 Å². The van der Waals surface area contributed by atoms with E-state index in [2.05, 4.69) is 16.7 Å². The number of ether oxygens (including phenoxy) is 2. The smallest absolute Gasteiger partial charge is 0.0594 e. The highest BCUT2D eigenvalue weighted by atomic mass is 16.5. The van der Waals surface area contributed by atoms with Crippen LogP contribution in [0.15, 0.2) is 0 Å². The van der Waals surface area contributed by atoms with E-state index in [0.29, 0.717) is 0 Å². The maximum absolute atomic E-state index is 5.38. The number of rotatable bonds is 7. The van der Waals surface area contributed by atoms with Crippen LogP contribution in [-0.2, 0) is 9.47 Å². The maximum atomic E-state index is 5.38. The first-order valence-electron chi connectivity index (χ1n) is 7.95. The summed E-state index contributed by atoms with van der Waals surface area (Å²) < 4.78 is 10.8. The van der Waals surface area contributed by atoms with Crippen molar-refractivity contribution >= 4 is 0 Å². The summed E-state index contributed by atoms with van der Waals surface area (Å²) in [6.07, 6.45) is 4.04. The van der Waals surface area contributed by atoms with Crippen molar-refractivity contribution in [1.82, 2.24) is 9.80 Å². The van der Waals surface area contributed by atoms with E-state index in [4.69, 9.17) is 9.47 Å². The molecule has 112 valence electrons. The molecule has 2 rings (SSSR count). The van der Waals surface area contributed by atoms with Crippen molar-refractivity contribution in [3.63, 3.8) is 0 Å². The Kier molecular flexibility index (Phi) is 7.14. The number of nitrogens with zero attached hydrogens (tertiary/aromatic N) is 2. The van der Waals surface area contributed by atoms with Crippen molar-refractivity contribution in [2.24, 2.45) is 5.92 Å². The lowest BCUT2D eigenvalue weighted by atomic mass is 10.0. The first-order chi connectivity index (χ1) is 9.34. The summed E-state index contributed by atoms with van der Waals surface area (Å²) in [7, 11) is 0. The molecule has 0 aromatic heterocycles. The predicted molar refractivity (Wildman–Crippen MR) is 77.5 cm³/mol. The van der Waals surface area contributed by atoms with Crippen LogP contribution >= 0.6 is 0 Å². The van der Waals surface area contributed by atoms with Gasteiger partial charge in [0.1, 0.15) is 0 Å². The third-order valence-electron chi connectivity index (χ3n) is 4.32. The second kappa shape index (κ2) is 8.90. The minimum Gasteiger partial charge on any atom is -0.379 e. The van der Waals surface area contributed by atoms with E-state index in [-0.39, 0.29) is 0 Å². The number of hydrogen-bond donors (Lipinski definition) is 0. The molecule has 1 unspecified atom stereocenters. The van der Waals surface area contributed by atoms with Gasteiger partial charge in [0.25, 0.3) is 0 Å². The highest BCUT2D eigenvalue weighted by Gasteiger charge is 2.13. The molecule has 1 atom stereocenters. The Morgan fingerprint density at radius 3 is 1.89 bits per heavy atom. The van der Waals surface area contributed by atoms with Crippen LogP contribution in [0.5, 0.6) is 0 Å². The molecule has 0 aromatic carbocycles. The molecular weight excluding hydrogens is 240 g/mol. The zero-order valence-electron chi connectivity index (χ0n) is 12.5. The van der Waals surface area contributed by atoms with E-state index in [1.54, 1.807) is 0 Å². The molecule has 0 radical (unpaired) electrons. The SMILES string of the molecule is CC(CCCN1CCOCC1)CCN1CCOCC1. The lowest BCUT2D eigenvalue weighted by molar-refractivity contribution is 0.0335. The van der Waals surface area contributed by atoms with Gasteiger partial charge in [-0.2, -0.15) is 0 Å². The molecule has 19 heavy (non-hydrogen) atoms. The Hall–Kier alpha value is -0.160. The predicted octanol–water partition coefficient (Wildman–Crippen LogP) is 1.46. The molecule has 2 aliphatic heterocycles. The molecule has 0 aromatic rings. The Bertz CT molecular complexity index is 226. The third kappa shape index (κ3) is 6.21. The van der Waals surface area contributed by atoms with Gasteiger partial charge >= 0.3 is 0 Å². The van der Waals surface area contributed by atoms with Gasteiger partial charge in [-0.3, -0.25) is 9.80 Å². The van der Waals surface area contributed by atoms with Crippen LogP contribution in [0.4, 0.5) is 0 Å². The largest absolute Gasteiger partial charge is 0.379 e. The summed E-state index contributed by atoms with van der Waals surface area (Å²) in [5.41, 5.74) is 0. The fourth-order valence-corrected chi connectivity index (χ4v) is 2.86. The van der Waals surface area contributed by atoms with Crippen LogP contribution in [-0.4, -0.2) is 75.5 Å². The standard InChI is InChI=1S/C15H30N2O2/c1-15(4-6-17-9-13-19-14-10-17)3-2-5-16-7-11-18-12-8-16/h15H,2-14H2,1H3. The summed E-state index contributed by atoms with van der Waals surface area (Å²) >= 11 is 0. The van der Waals surface area contributed by atoms with Gasteiger partial charge in [0.2, 0.25) is 0 Å². The van der Waals surface area contributed by atoms with Gasteiger partial charge in [-0.1, -0.05) is 6.92 Å². The van der Waals surface area contributed by atoms with Crippen LogP contribution in [0.2, 0.25) is 0 Å². The van der Waals surface area contributed by atoms with E-state index < -0.39 is 0 Å². The van der Waals surface area contributed by atoms with Crippen LogP contribution in [0.25, 0.3) is 0 Å². The van der Waals surface area contributed by atoms with Gasteiger partial charge in [0.05, 0.1) is 26.4 Å². The van der Waals surface area contributed by atoms with Gasteiger partial charge in [0.15, 0.2) is 0 Å². The summed E-state index contributed by atoms with van der Waals surface area (Å²) in [4.78, 5) is 5.08. The fourth-order valence-electron chi connectivity index (χ4n) is 2.86. The fraction of sp³-hybridized carbons (Fsp3) is 1.00. The summed E-state index contributed by atoms with van der Waals surface area (Å²) in [6.45, 7) is 13.1. The summed E-state index contributed by atoms with van der Waals surface area (Å²) in [6, 6.07) is 0. The average Bonchev–Trinajstić information content (AvgIpc) is 2.47. The Morgan fingerprint density at radius 2 is 1.32 bits per heavy atom. The second-order valence-corrected chi connectivity index (χ2v) is 5.94. The van der Waals surface area contributed by atoms with Crippen LogP contribution in [0, 0.1) is 5.92 Å². The third-order valence-corrected chi connectivity index (χ3v) is 4.32. The van der Waals surface area contributed by atoms with Crippen molar-refractivity contribution in [3.8, 4) is 0 Å². The van der Waals surface area contributed by atoms with Gasteiger partial charge in [-0.25, -0.2) is 0 Å². The van der Waals surface area contributed by atoms with Gasteiger partial charge in [-0.05, 0) is 38.3 Å². The molecule has 0 amide bonds. The Labute approximate surface area is 118 Å². The summed E-state index contributed by atoms with van der Waals surface area (Å²) in [5.74, 6) is 0.851. The first-order valence-corrected chi connectivity index (χ1v) is 7.95.